The number of nitrogens with zero attached hydrogens (tertiary/aromatic N) is 2. The molecule has 0 radical (unpaired) electrons. The fraction of sp³-hybridized carbons (Fsp3) is 0.792. The molecule has 32 heavy (non-hydrogen) atoms. The summed E-state index contributed by atoms with van der Waals surface area (Å²) in [5.41, 5.74) is -0.0235. The largest absolute Gasteiger partial charge is 0.463 e. The van der Waals surface area contributed by atoms with Gasteiger partial charge in [-0.1, -0.05) is 40.7 Å². The molecule has 1 N–H and O–H groups in total. The Balaban J connectivity index is 3.18. The third kappa shape index (κ3) is 6.98. The summed E-state index contributed by atoms with van der Waals surface area (Å²) in [7, 11) is 3.66. The number of ether oxygens (including phenoxy) is 1. The highest BCUT2D eigenvalue weighted by Crippen LogP contribution is 2.38. The van der Waals surface area contributed by atoms with Crippen molar-refractivity contribution in [2.75, 3.05) is 26.6 Å². The summed E-state index contributed by atoms with van der Waals surface area (Å²) in [4.78, 5) is 42.7. The lowest BCUT2D eigenvalue weighted by Crippen LogP contribution is -2.60. The number of thioether (sulfide) groups is 1. The minimum atomic E-state index is -0.702. The number of rotatable bonds is 8. The van der Waals surface area contributed by atoms with Crippen molar-refractivity contribution in [1.82, 2.24) is 15.1 Å². The van der Waals surface area contributed by atoms with E-state index in [1.807, 2.05) is 46.6 Å². The zero-order chi connectivity index (χ0) is 25.0. The van der Waals surface area contributed by atoms with Crippen LogP contribution in [0.25, 0.3) is 0 Å². The molecule has 0 bridgehead atoms. The van der Waals surface area contributed by atoms with Crippen molar-refractivity contribution in [3.05, 3.63) is 11.6 Å². The average Bonchev–Trinajstić information content (AvgIpc) is 2.94. The highest BCUT2D eigenvalue weighted by Gasteiger charge is 2.46. The molecule has 7 nitrogen and oxygen atoms in total. The lowest BCUT2D eigenvalue weighted by molar-refractivity contribution is -0.141. The third-order valence-corrected chi connectivity index (χ3v) is 7.39. The minimum Gasteiger partial charge on any atom is -0.463 e. The standard InChI is InChI=1S/C24H43N3O4S/c1-12-31-22(30)16(4)13-17(15(2)3)27(11)21(29)18(23(5,6)7)25-20(28)19-24(8,9)32-14-26(19)10/h13,15,17-19H,12,14H2,1-11H3,(H,25,28)/b16-13+/t17-,18?,19-/m1/s1. The second-order valence-corrected chi connectivity index (χ2v) is 12.2. The van der Waals surface area contributed by atoms with Gasteiger partial charge in [0.15, 0.2) is 0 Å². The van der Waals surface area contributed by atoms with Gasteiger partial charge in [-0.3, -0.25) is 14.5 Å². The highest BCUT2D eigenvalue weighted by molar-refractivity contribution is 8.00. The Labute approximate surface area is 198 Å². The number of amides is 2. The van der Waals surface area contributed by atoms with Gasteiger partial charge >= 0.3 is 5.97 Å². The third-order valence-electron chi connectivity index (χ3n) is 5.88. The maximum atomic E-state index is 13.7. The molecule has 1 aliphatic heterocycles. The van der Waals surface area contributed by atoms with Crippen LogP contribution in [0, 0.1) is 11.3 Å². The fourth-order valence-corrected chi connectivity index (χ4v) is 5.14. The molecule has 184 valence electrons. The summed E-state index contributed by atoms with van der Waals surface area (Å²) in [6, 6.07) is -1.33. The van der Waals surface area contributed by atoms with Gasteiger partial charge < -0.3 is 15.0 Å². The second-order valence-electron chi connectivity index (χ2n) is 10.6. The fourth-order valence-electron chi connectivity index (χ4n) is 4.01. The van der Waals surface area contributed by atoms with Crippen LogP contribution in [-0.2, 0) is 19.1 Å². The van der Waals surface area contributed by atoms with Crippen LogP contribution in [0.2, 0.25) is 0 Å². The number of hydrogen-bond donors (Lipinski definition) is 1. The molecule has 1 fully saturated rings. The van der Waals surface area contributed by atoms with Crippen molar-refractivity contribution in [3.8, 4) is 0 Å². The van der Waals surface area contributed by atoms with Crippen LogP contribution in [0.1, 0.15) is 62.3 Å². The first kappa shape index (κ1) is 28.5. The lowest BCUT2D eigenvalue weighted by atomic mass is 9.84. The molecule has 1 aliphatic rings. The lowest BCUT2D eigenvalue weighted by Gasteiger charge is -2.39. The van der Waals surface area contributed by atoms with E-state index >= 15 is 0 Å². The van der Waals surface area contributed by atoms with Crippen LogP contribution in [0.5, 0.6) is 0 Å². The Bertz CT molecular complexity index is 727. The van der Waals surface area contributed by atoms with E-state index in [-0.39, 0.29) is 40.5 Å². The zero-order valence-electron chi connectivity index (χ0n) is 21.7. The molecule has 3 atom stereocenters. The molecule has 1 unspecified atom stereocenters. The topological polar surface area (TPSA) is 79.0 Å². The molecule has 0 aliphatic carbocycles. The van der Waals surface area contributed by atoms with Gasteiger partial charge in [0.05, 0.1) is 12.6 Å². The number of carbonyl (C=O) groups excluding carboxylic acids is 3. The predicted octanol–water partition coefficient (Wildman–Crippen LogP) is 3.29. The molecule has 1 heterocycles. The monoisotopic (exact) mass is 469 g/mol. The molecule has 0 aromatic carbocycles. The molecule has 0 saturated carbocycles. The summed E-state index contributed by atoms with van der Waals surface area (Å²) in [6.07, 6.45) is 1.78. The van der Waals surface area contributed by atoms with E-state index in [0.717, 1.165) is 5.88 Å². The molecular formula is C24H43N3O4S. The molecular weight excluding hydrogens is 426 g/mol. The van der Waals surface area contributed by atoms with Gasteiger partial charge in [0.1, 0.15) is 12.1 Å². The summed E-state index contributed by atoms with van der Waals surface area (Å²) < 4.78 is 4.85. The molecule has 1 saturated heterocycles. The number of likely N-dealkylation sites (N-methyl/N-ethyl adjacent to an activating group) is 2. The van der Waals surface area contributed by atoms with Crippen LogP contribution in [0.4, 0.5) is 0 Å². The summed E-state index contributed by atoms with van der Waals surface area (Å²) in [5, 5.41) is 3.06. The molecule has 2 amide bonds. The normalized spacial score (nSPS) is 21.2. The van der Waals surface area contributed by atoms with Crippen molar-refractivity contribution < 1.29 is 19.1 Å². The molecule has 0 aromatic heterocycles. The van der Waals surface area contributed by atoms with Gasteiger partial charge in [0, 0.05) is 23.2 Å². The quantitative estimate of drug-likeness (QED) is 0.434. The number of esters is 1. The molecule has 8 heteroatoms. The van der Waals surface area contributed by atoms with Crippen LogP contribution in [0.3, 0.4) is 0 Å². The van der Waals surface area contributed by atoms with Crippen LogP contribution in [-0.4, -0.2) is 77.0 Å². The minimum absolute atomic E-state index is 0.0703. The Kier molecular flexibility index (Phi) is 9.84. The van der Waals surface area contributed by atoms with Crippen molar-refractivity contribution in [3.63, 3.8) is 0 Å². The van der Waals surface area contributed by atoms with E-state index in [1.54, 1.807) is 43.6 Å². The smallest absolute Gasteiger partial charge is 0.333 e. The first-order chi connectivity index (χ1) is 14.5. The van der Waals surface area contributed by atoms with Crippen LogP contribution >= 0.6 is 11.8 Å². The van der Waals surface area contributed by atoms with Crippen molar-refractivity contribution >= 4 is 29.5 Å². The summed E-state index contributed by atoms with van der Waals surface area (Å²) in [6.45, 7) is 17.7. The van der Waals surface area contributed by atoms with Crippen molar-refractivity contribution in [1.29, 1.82) is 0 Å². The van der Waals surface area contributed by atoms with Crippen molar-refractivity contribution in [2.45, 2.75) is 85.2 Å². The molecule has 0 aromatic rings. The highest BCUT2D eigenvalue weighted by atomic mass is 32.2. The SMILES string of the molecule is CCOC(=O)/C(C)=C/[C@H](C(C)C)N(C)C(=O)C(NC(=O)[C@H]1N(C)CSC1(C)C)C(C)(C)C. The second kappa shape index (κ2) is 11.1. The summed E-state index contributed by atoms with van der Waals surface area (Å²) in [5.74, 6) is 0.142. The first-order valence-corrected chi connectivity index (χ1v) is 12.3. The van der Waals surface area contributed by atoms with Gasteiger partial charge in [-0.05, 0) is 46.1 Å². The predicted molar refractivity (Wildman–Crippen MR) is 131 cm³/mol. The number of carbonyl (C=O) groups is 3. The van der Waals surface area contributed by atoms with Gasteiger partial charge in [-0.2, -0.15) is 0 Å². The summed E-state index contributed by atoms with van der Waals surface area (Å²) >= 11 is 1.73. The molecule has 0 spiro atoms. The van der Waals surface area contributed by atoms with Gasteiger partial charge in [0.2, 0.25) is 11.8 Å². The maximum Gasteiger partial charge on any atom is 0.333 e. The Morgan fingerprint density at radius 2 is 1.84 bits per heavy atom. The Morgan fingerprint density at radius 1 is 1.28 bits per heavy atom. The van der Waals surface area contributed by atoms with Crippen LogP contribution in [0.15, 0.2) is 11.6 Å². The average molecular weight is 470 g/mol. The Morgan fingerprint density at radius 3 is 2.25 bits per heavy atom. The van der Waals surface area contributed by atoms with Gasteiger partial charge in [0.25, 0.3) is 0 Å². The van der Waals surface area contributed by atoms with E-state index in [2.05, 4.69) is 19.2 Å². The molecule has 1 rings (SSSR count). The number of nitrogens with one attached hydrogen (secondary N) is 1. The van der Waals surface area contributed by atoms with Crippen LogP contribution < -0.4 is 5.32 Å². The van der Waals surface area contributed by atoms with E-state index in [0.29, 0.717) is 12.2 Å². The van der Waals surface area contributed by atoms with E-state index in [1.165, 1.54) is 0 Å². The van der Waals surface area contributed by atoms with Crippen molar-refractivity contribution in [2.24, 2.45) is 11.3 Å². The Hall–Kier alpha value is -1.54. The number of hydrogen-bond acceptors (Lipinski definition) is 6. The van der Waals surface area contributed by atoms with E-state index < -0.39 is 11.5 Å². The van der Waals surface area contributed by atoms with E-state index in [9.17, 15) is 14.4 Å². The first-order valence-electron chi connectivity index (χ1n) is 11.3. The maximum absolute atomic E-state index is 13.7. The van der Waals surface area contributed by atoms with Gasteiger partial charge in [-0.15, -0.1) is 11.8 Å². The van der Waals surface area contributed by atoms with E-state index in [4.69, 9.17) is 4.74 Å². The van der Waals surface area contributed by atoms with Gasteiger partial charge in [-0.25, -0.2) is 4.79 Å². The zero-order valence-corrected chi connectivity index (χ0v) is 22.6.